The summed E-state index contributed by atoms with van der Waals surface area (Å²) in [7, 11) is -0.996. The van der Waals surface area contributed by atoms with Gasteiger partial charge in [-0.25, -0.2) is 0 Å². The van der Waals surface area contributed by atoms with Gasteiger partial charge in [-0.3, -0.25) is 4.21 Å². The van der Waals surface area contributed by atoms with Crippen molar-refractivity contribution in [2.24, 2.45) is 5.41 Å². The molecule has 0 fully saturated rings. The lowest BCUT2D eigenvalue weighted by molar-refractivity contribution is 0.400. The number of anilines is 1. The van der Waals surface area contributed by atoms with Gasteiger partial charge in [0.05, 0.1) is 15.7 Å². The Balaban J connectivity index is 2.74. The zero-order valence-electron chi connectivity index (χ0n) is 9.92. The maximum Gasteiger partial charge on any atom is 0.0618 e. The van der Waals surface area contributed by atoms with E-state index in [1.165, 1.54) is 0 Å². The normalized spacial score (nSPS) is 13.8. The van der Waals surface area contributed by atoms with Crippen molar-refractivity contribution in [3.63, 3.8) is 0 Å². The molecular formula is C12H18BrNOS. The van der Waals surface area contributed by atoms with Gasteiger partial charge in [-0.2, -0.15) is 0 Å². The second kappa shape index (κ2) is 5.32. The molecule has 2 N–H and O–H groups in total. The van der Waals surface area contributed by atoms with Crippen LogP contribution < -0.4 is 5.73 Å². The lowest BCUT2D eigenvalue weighted by Gasteiger charge is -2.17. The number of nitrogen functional groups attached to an aromatic ring is 1. The molecule has 0 heterocycles. The maximum atomic E-state index is 12.0. The number of benzene rings is 1. The van der Waals surface area contributed by atoms with Gasteiger partial charge in [-0.15, -0.1) is 0 Å². The third-order valence-electron chi connectivity index (χ3n) is 2.25. The first-order valence-electron chi connectivity index (χ1n) is 5.23. The molecule has 0 spiro atoms. The van der Waals surface area contributed by atoms with Crippen molar-refractivity contribution in [2.75, 3.05) is 11.5 Å². The van der Waals surface area contributed by atoms with Crippen LogP contribution in [0.1, 0.15) is 27.2 Å². The van der Waals surface area contributed by atoms with Crippen LogP contribution in [-0.4, -0.2) is 9.96 Å². The first kappa shape index (κ1) is 13.7. The smallest absolute Gasteiger partial charge is 0.0618 e. The van der Waals surface area contributed by atoms with Crippen molar-refractivity contribution in [2.45, 2.75) is 32.1 Å². The summed E-state index contributed by atoms with van der Waals surface area (Å²) in [5.74, 6) is 0.662. The predicted octanol–water partition coefficient (Wildman–Crippen LogP) is 3.58. The number of rotatable bonds is 3. The molecule has 0 radical (unpaired) electrons. The van der Waals surface area contributed by atoms with Crippen molar-refractivity contribution < 1.29 is 4.21 Å². The number of halogens is 1. The first-order valence-corrected chi connectivity index (χ1v) is 7.34. The van der Waals surface area contributed by atoms with Crippen molar-refractivity contribution in [1.29, 1.82) is 0 Å². The standard InChI is InChI=1S/C12H18BrNOS/c1-12(2,3)6-7-16(15)11-5-4-9(13)8-10(11)14/h4-5,8H,6-7,14H2,1-3H3. The lowest BCUT2D eigenvalue weighted by atomic mass is 9.94. The zero-order chi connectivity index (χ0) is 12.3. The van der Waals surface area contributed by atoms with Crippen molar-refractivity contribution in [3.8, 4) is 0 Å². The first-order chi connectivity index (χ1) is 7.29. The van der Waals surface area contributed by atoms with Crippen LogP contribution in [0.2, 0.25) is 0 Å². The molecule has 0 aliphatic carbocycles. The van der Waals surface area contributed by atoms with E-state index in [-0.39, 0.29) is 5.41 Å². The summed E-state index contributed by atoms with van der Waals surface area (Å²) >= 11 is 3.34. The number of nitrogens with two attached hydrogens (primary N) is 1. The maximum absolute atomic E-state index is 12.0. The van der Waals surface area contributed by atoms with E-state index in [1.807, 2.05) is 12.1 Å². The highest BCUT2D eigenvalue weighted by Gasteiger charge is 2.14. The van der Waals surface area contributed by atoms with Crippen LogP contribution in [0.15, 0.2) is 27.6 Å². The average molecular weight is 304 g/mol. The average Bonchev–Trinajstić information content (AvgIpc) is 2.13. The van der Waals surface area contributed by atoms with Crippen LogP contribution in [-0.2, 0) is 10.8 Å². The predicted molar refractivity (Wildman–Crippen MR) is 73.9 cm³/mol. The molecule has 1 atom stereocenters. The van der Waals surface area contributed by atoms with E-state index in [2.05, 4.69) is 36.7 Å². The molecule has 16 heavy (non-hydrogen) atoms. The zero-order valence-corrected chi connectivity index (χ0v) is 12.3. The Bertz CT molecular complexity index is 398. The molecule has 4 heteroatoms. The summed E-state index contributed by atoms with van der Waals surface area (Å²) in [4.78, 5) is 0.743. The third-order valence-corrected chi connectivity index (χ3v) is 4.19. The van der Waals surface area contributed by atoms with E-state index in [1.54, 1.807) is 6.07 Å². The molecule has 0 saturated heterocycles. The fourth-order valence-electron chi connectivity index (χ4n) is 1.24. The van der Waals surface area contributed by atoms with Crippen LogP contribution in [0.4, 0.5) is 5.69 Å². The van der Waals surface area contributed by atoms with Gasteiger partial charge >= 0.3 is 0 Å². The van der Waals surface area contributed by atoms with Crippen molar-refractivity contribution in [3.05, 3.63) is 22.7 Å². The Morgan fingerprint density at radius 1 is 1.38 bits per heavy atom. The monoisotopic (exact) mass is 303 g/mol. The van der Waals surface area contributed by atoms with Gasteiger partial charge in [-0.05, 0) is 30.0 Å². The number of hydrogen-bond donors (Lipinski definition) is 1. The van der Waals surface area contributed by atoms with Crippen LogP contribution >= 0.6 is 15.9 Å². The van der Waals surface area contributed by atoms with Crippen molar-refractivity contribution >= 4 is 32.4 Å². The van der Waals surface area contributed by atoms with Crippen LogP contribution in [0, 0.1) is 5.41 Å². The molecule has 0 saturated carbocycles. The minimum absolute atomic E-state index is 0.208. The summed E-state index contributed by atoms with van der Waals surface area (Å²) in [5, 5.41) is 0. The molecule has 0 aromatic heterocycles. The molecule has 0 aliphatic rings. The molecule has 90 valence electrons. The highest BCUT2D eigenvalue weighted by molar-refractivity contribution is 9.10. The second-order valence-corrected chi connectivity index (χ2v) is 7.50. The Morgan fingerprint density at radius 3 is 2.50 bits per heavy atom. The van der Waals surface area contributed by atoms with Crippen molar-refractivity contribution in [1.82, 2.24) is 0 Å². The fourth-order valence-corrected chi connectivity index (χ4v) is 3.17. The van der Waals surface area contributed by atoms with E-state index < -0.39 is 10.8 Å². The van der Waals surface area contributed by atoms with Gasteiger partial charge in [0, 0.05) is 15.9 Å². The van der Waals surface area contributed by atoms with E-state index >= 15 is 0 Å². The highest BCUT2D eigenvalue weighted by atomic mass is 79.9. The Hall–Kier alpha value is -0.350. The number of hydrogen-bond acceptors (Lipinski definition) is 2. The SMILES string of the molecule is CC(C)(C)CCS(=O)c1ccc(Br)cc1N. The molecular weight excluding hydrogens is 286 g/mol. The Kier molecular flexibility index (Phi) is 4.56. The quantitative estimate of drug-likeness (QED) is 0.867. The minimum Gasteiger partial charge on any atom is -0.398 e. The largest absolute Gasteiger partial charge is 0.398 e. The third kappa shape index (κ3) is 4.26. The summed E-state index contributed by atoms with van der Waals surface area (Å²) in [6.45, 7) is 6.44. The van der Waals surface area contributed by atoms with E-state index in [0.717, 1.165) is 15.8 Å². The molecule has 1 unspecified atom stereocenters. The molecule has 2 nitrogen and oxygen atoms in total. The van der Waals surface area contributed by atoms with Gasteiger partial charge in [0.2, 0.25) is 0 Å². The van der Waals surface area contributed by atoms with E-state index in [0.29, 0.717) is 11.4 Å². The van der Waals surface area contributed by atoms with Gasteiger partial charge in [0.25, 0.3) is 0 Å². The fraction of sp³-hybridized carbons (Fsp3) is 0.500. The Morgan fingerprint density at radius 2 is 2.00 bits per heavy atom. The van der Waals surface area contributed by atoms with Gasteiger partial charge in [-0.1, -0.05) is 36.7 Å². The summed E-state index contributed by atoms with van der Waals surface area (Å²) in [6.07, 6.45) is 0.926. The van der Waals surface area contributed by atoms with Gasteiger partial charge < -0.3 is 5.73 Å². The lowest BCUT2D eigenvalue weighted by Crippen LogP contribution is -2.11. The van der Waals surface area contributed by atoms with Crippen LogP contribution in [0.5, 0.6) is 0 Å². The molecule has 0 aliphatic heterocycles. The van der Waals surface area contributed by atoms with Crippen LogP contribution in [0.25, 0.3) is 0 Å². The second-order valence-electron chi connectivity index (χ2n) is 5.04. The Labute approximate surface area is 108 Å². The molecule has 0 bridgehead atoms. The van der Waals surface area contributed by atoms with E-state index in [9.17, 15) is 4.21 Å². The molecule has 0 amide bonds. The molecule has 1 aromatic rings. The summed E-state index contributed by atoms with van der Waals surface area (Å²) in [6, 6.07) is 5.50. The summed E-state index contributed by atoms with van der Waals surface area (Å²) in [5.41, 5.74) is 6.65. The summed E-state index contributed by atoms with van der Waals surface area (Å²) < 4.78 is 13.0. The van der Waals surface area contributed by atoms with Crippen LogP contribution in [0.3, 0.4) is 0 Å². The van der Waals surface area contributed by atoms with Gasteiger partial charge in [0.15, 0.2) is 0 Å². The van der Waals surface area contributed by atoms with E-state index in [4.69, 9.17) is 5.73 Å². The molecule has 1 rings (SSSR count). The topological polar surface area (TPSA) is 43.1 Å². The highest BCUT2D eigenvalue weighted by Crippen LogP contribution is 2.24. The molecule has 1 aromatic carbocycles. The van der Waals surface area contributed by atoms with Gasteiger partial charge in [0.1, 0.15) is 0 Å². The minimum atomic E-state index is -0.996.